The molecule has 3 aliphatic rings. The van der Waals surface area contributed by atoms with Gasteiger partial charge in [-0.05, 0) is 91.0 Å². The highest BCUT2D eigenvalue weighted by Gasteiger charge is 2.54. The molecule has 65 heavy (non-hydrogen) atoms. The minimum Gasteiger partial charge on any atom is -0.458 e. The number of benzene rings is 10. The molecule has 0 N–H and O–H groups in total. The average Bonchev–Trinajstić information content (AvgIpc) is 3.69. The monoisotopic (exact) mass is 861 g/mol. The van der Waals surface area contributed by atoms with E-state index in [2.05, 4.69) is 260 Å². The Kier molecular flexibility index (Phi) is 8.67. The number of hydrogen-bond acceptors (Lipinski definition) is 2. The van der Waals surface area contributed by atoms with E-state index in [-0.39, 0.29) is 0 Å². The van der Waals surface area contributed by atoms with Gasteiger partial charge in [-0.3, -0.25) is 0 Å². The molecule has 4 heteroatoms. The molecule has 1 spiro atoms. The van der Waals surface area contributed by atoms with Crippen LogP contribution < -0.4 is 45.9 Å². The van der Waals surface area contributed by atoms with Crippen LogP contribution in [0.4, 0.5) is 17.1 Å². The summed E-state index contributed by atoms with van der Waals surface area (Å²) in [6.45, 7) is 0. The van der Waals surface area contributed by atoms with Crippen LogP contribution >= 0.6 is 0 Å². The Labute approximate surface area is 383 Å². The zero-order valence-corrected chi connectivity index (χ0v) is 37.8. The van der Waals surface area contributed by atoms with Crippen molar-refractivity contribution in [3.8, 4) is 22.6 Å². The van der Waals surface area contributed by atoms with Crippen LogP contribution in [0.15, 0.2) is 255 Å². The third-order valence-electron chi connectivity index (χ3n) is 14.3. The Bertz CT molecular complexity index is 3340. The van der Waals surface area contributed by atoms with Gasteiger partial charge in [0.15, 0.2) is 8.07 Å². The van der Waals surface area contributed by atoms with E-state index in [1.807, 2.05) is 0 Å². The highest BCUT2D eigenvalue weighted by atomic mass is 28.3. The standard InChI is InChI=1S/C61H43NOSi2/c1-5-22-43(23-6-1)61(44-24-7-2-8-25-44)49-31-14-13-30-48(49)60-50(61)32-21-33-51(60)62(45-26-9-3-10-27-45)46-40-41-59-55(42-46)64(47-28-11-4-12-29-47)54-36-17-20-39-58(54)65(59)56-37-18-15-34-52(56)63-53-35-16-19-38-57(53)65/h1-42,64H. The first-order chi connectivity index (χ1) is 32.3. The molecule has 1 aliphatic carbocycles. The van der Waals surface area contributed by atoms with Crippen LogP contribution in [0.5, 0.6) is 11.5 Å². The maximum absolute atomic E-state index is 6.81. The molecule has 0 amide bonds. The zero-order valence-electron chi connectivity index (χ0n) is 35.7. The van der Waals surface area contributed by atoms with Gasteiger partial charge in [0, 0.05) is 16.9 Å². The number of para-hydroxylation sites is 3. The van der Waals surface area contributed by atoms with Crippen molar-refractivity contribution in [1.29, 1.82) is 0 Å². The maximum atomic E-state index is 6.81. The van der Waals surface area contributed by atoms with Gasteiger partial charge in [-0.15, -0.1) is 0 Å². The first-order valence-electron chi connectivity index (χ1n) is 22.6. The Morgan fingerprint density at radius 2 is 0.908 bits per heavy atom. The molecule has 0 saturated carbocycles. The van der Waals surface area contributed by atoms with Crippen LogP contribution in [0.3, 0.4) is 0 Å². The quantitative estimate of drug-likeness (QED) is 0.155. The molecular weight excluding hydrogens is 819 g/mol. The molecule has 10 aromatic carbocycles. The highest BCUT2D eigenvalue weighted by molar-refractivity contribution is 7.27. The molecule has 306 valence electrons. The van der Waals surface area contributed by atoms with Crippen LogP contribution in [-0.4, -0.2) is 16.9 Å². The number of rotatable bonds is 6. The summed E-state index contributed by atoms with van der Waals surface area (Å²) in [7, 11) is -4.98. The van der Waals surface area contributed by atoms with E-state index in [1.165, 1.54) is 69.7 Å². The lowest BCUT2D eigenvalue weighted by molar-refractivity contribution is 0.487. The third kappa shape index (κ3) is 5.39. The van der Waals surface area contributed by atoms with Crippen LogP contribution in [0.2, 0.25) is 0 Å². The van der Waals surface area contributed by atoms with Crippen molar-refractivity contribution in [1.82, 2.24) is 0 Å². The molecule has 0 fully saturated rings. The number of anilines is 3. The molecule has 1 unspecified atom stereocenters. The van der Waals surface area contributed by atoms with E-state index in [0.29, 0.717) is 0 Å². The van der Waals surface area contributed by atoms with Crippen LogP contribution in [-0.2, 0) is 5.41 Å². The molecule has 0 saturated heterocycles. The van der Waals surface area contributed by atoms with Crippen molar-refractivity contribution >= 4 is 70.2 Å². The lowest BCUT2D eigenvalue weighted by atomic mass is 9.68. The van der Waals surface area contributed by atoms with Gasteiger partial charge in [-0.2, -0.15) is 0 Å². The fourth-order valence-corrected chi connectivity index (χ4v) is 22.3. The molecule has 0 aromatic heterocycles. The molecule has 2 heterocycles. The van der Waals surface area contributed by atoms with Crippen molar-refractivity contribution in [3.05, 3.63) is 277 Å². The molecule has 1 atom stereocenters. The predicted molar refractivity (Wildman–Crippen MR) is 275 cm³/mol. The van der Waals surface area contributed by atoms with E-state index in [0.717, 1.165) is 28.6 Å². The Morgan fingerprint density at radius 3 is 1.58 bits per heavy atom. The second-order valence-corrected chi connectivity index (χ2v) is 23.9. The second kappa shape index (κ2) is 14.9. The van der Waals surface area contributed by atoms with Gasteiger partial charge in [0.1, 0.15) is 20.3 Å². The summed E-state index contributed by atoms with van der Waals surface area (Å²) in [6, 6.07) is 95.4. The SMILES string of the molecule is c1ccc(N(c2ccc3c(c2)[SiH](c2ccccc2)c2ccccc2[Si]32c3ccccc3Oc3ccccc32)c2cccc3c2-c2ccccc2C3(c2ccccc2)c2ccccc2)cc1. The topological polar surface area (TPSA) is 12.5 Å². The van der Waals surface area contributed by atoms with Crippen LogP contribution in [0, 0.1) is 0 Å². The molecular formula is C61H43NOSi2. The summed E-state index contributed by atoms with van der Waals surface area (Å²) in [4.78, 5) is 2.54. The van der Waals surface area contributed by atoms with E-state index in [9.17, 15) is 0 Å². The van der Waals surface area contributed by atoms with Gasteiger partial charge in [0.2, 0.25) is 0 Å². The minimum absolute atomic E-state index is 0.514. The number of nitrogens with zero attached hydrogens (tertiary/aromatic N) is 1. The van der Waals surface area contributed by atoms with Crippen molar-refractivity contribution in [3.63, 3.8) is 0 Å². The largest absolute Gasteiger partial charge is 0.458 e. The van der Waals surface area contributed by atoms with Crippen molar-refractivity contribution in [2.45, 2.75) is 5.41 Å². The smallest absolute Gasteiger partial charge is 0.188 e. The van der Waals surface area contributed by atoms with Gasteiger partial charge < -0.3 is 9.64 Å². The lowest BCUT2D eigenvalue weighted by Crippen LogP contribution is -2.87. The summed E-state index contributed by atoms with van der Waals surface area (Å²) >= 11 is 0. The van der Waals surface area contributed by atoms with Gasteiger partial charge in [0.05, 0.1) is 11.1 Å². The zero-order chi connectivity index (χ0) is 43.0. The van der Waals surface area contributed by atoms with Gasteiger partial charge in [-0.25, -0.2) is 0 Å². The fraction of sp³-hybridized carbons (Fsp3) is 0.0164. The second-order valence-electron chi connectivity index (χ2n) is 17.4. The predicted octanol–water partition coefficient (Wildman–Crippen LogP) is 9.56. The van der Waals surface area contributed by atoms with Crippen molar-refractivity contribution in [2.24, 2.45) is 0 Å². The van der Waals surface area contributed by atoms with Crippen molar-refractivity contribution in [2.75, 3.05) is 4.90 Å². The van der Waals surface area contributed by atoms with Crippen molar-refractivity contribution < 1.29 is 4.74 Å². The van der Waals surface area contributed by atoms with Crippen LogP contribution in [0.1, 0.15) is 22.3 Å². The van der Waals surface area contributed by atoms with E-state index in [4.69, 9.17) is 4.74 Å². The maximum Gasteiger partial charge on any atom is 0.188 e. The highest BCUT2D eigenvalue weighted by Crippen LogP contribution is 2.59. The third-order valence-corrected chi connectivity index (χ3v) is 23.2. The number of fused-ring (bicyclic) bond motifs is 11. The Balaban J connectivity index is 1.12. The van der Waals surface area contributed by atoms with E-state index < -0.39 is 22.3 Å². The number of ether oxygens (including phenoxy) is 1. The van der Waals surface area contributed by atoms with Crippen LogP contribution in [0.25, 0.3) is 11.1 Å². The summed E-state index contributed by atoms with van der Waals surface area (Å²) in [6.07, 6.45) is 0. The molecule has 0 bridgehead atoms. The van der Waals surface area contributed by atoms with Gasteiger partial charge in [-0.1, -0.05) is 228 Å². The summed E-state index contributed by atoms with van der Waals surface area (Å²) in [5, 5.41) is 9.98. The average molecular weight is 862 g/mol. The van der Waals surface area contributed by atoms with E-state index >= 15 is 0 Å². The van der Waals surface area contributed by atoms with Gasteiger partial charge >= 0.3 is 0 Å². The molecule has 0 radical (unpaired) electrons. The molecule has 10 aromatic rings. The summed E-state index contributed by atoms with van der Waals surface area (Å²) in [5.74, 6) is 1.93. The lowest BCUT2D eigenvalue weighted by Gasteiger charge is -2.46. The van der Waals surface area contributed by atoms with E-state index in [1.54, 1.807) is 0 Å². The molecule has 13 rings (SSSR count). The fourth-order valence-electron chi connectivity index (χ4n) is 11.9. The summed E-state index contributed by atoms with van der Waals surface area (Å²) < 4.78 is 6.81. The Hall–Kier alpha value is -7.77. The minimum atomic E-state index is -2.91. The summed E-state index contributed by atoms with van der Waals surface area (Å²) in [5.41, 5.74) is 10.6. The van der Waals surface area contributed by atoms with Gasteiger partial charge in [0.25, 0.3) is 0 Å². The molecule has 2 aliphatic heterocycles. The normalized spacial score (nSPS) is 15.3. The first kappa shape index (κ1) is 37.8. The molecule has 2 nitrogen and oxygen atoms in total. The number of hydrogen-bond donors (Lipinski definition) is 0. The Morgan fingerprint density at radius 1 is 0.385 bits per heavy atom. The first-order valence-corrected chi connectivity index (χ1v) is 26.4.